The zero-order chi connectivity index (χ0) is 19.9. The number of amides is 2. The number of quaternary nitrogens is 1. The van der Waals surface area contributed by atoms with Gasteiger partial charge in [-0.25, -0.2) is 0 Å². The van der Waals surface area contributed by atoms with Gasteiger partial charge in [-0.05, 0) is 52.0 Å². The molecule has 1 unspecified atom stereocenters. The largest absolute Gasteiger partial charge is 0.378 e. The van der Waals surface area contributed by atoms with Gasteiger partial charge in [-0.3, -0.25) is 9.59 Å². The van der Waals surface area contributed by atoms with Crippen LogP contribution < -0.4 is 20.4 Å². The minimum Gasteiger partial charge on any atom is -0.378 e. The van der Waals surface area contributed by atoms with Crippen LogP contribution in [0.5, 0.6) is 0 Å². The Hall–Kier alpha value is -2.12. The van der Waals surface area contributed by atoms with Crippen LogP contribution in [0, 0.1) is 0 Å². The average Bonchev–Trinajstić information content (AvgIpc) is 2.61. The van der Waals surface area contributed by atoms with Crippen LogP contribution in [-0.2, 0) is 14.3 Å². The van der Waals surface area contributed by atoms with Crippen LogP contribution in [0.3, 0.4) is 0 Å². The Kier molecular flexibility index (Phi) is 7.62. The Morgan fingerprint density at radius 3 is 2.22 bits per heavy atom. The highest BCUT2D eigenvalue weighted by Gasteiger charge is 2.20. The second-order valence-electron chi connectivity index (χ2n) is 7.95. The number of benzene rings is 1. The monoisotopic (exact) mass is 377 g/mol. The molecule has 1 aliphatic heterocycles. The van der Waals surface area contributed by atoms with E-state index in [1.54, 1.807) is 0 Å². The summed E-state index contributed by atoms with van der Waals surface area (Å²) in [6, 6.07) is 7.87. The molecule has 27 heavy (non-hydrogen) atoms. The average molecular weight is 378 g/mol. The second kappa shape index (κ2) is 9.71. The fourth-order valence-electron chi connectivity index (χ4n) is 3.01. The van der Waals surface area contributed by atoms with Gasteiger partial charge < -0.3 is 25.2 Å². The Morgan fingerprint density at radius 1 is 1.07 bits per heavy atom. The normalized spacial score (nSPS) is 15.9. The quantitative estimate of drug-likeness (QED) is 0.638. The maximum Gasteiger partial charge on any atom is 0.279 e. The molecule has 7 heteroatoms. The first-order valence-electron chi connectivity index (χ1n) is 9.64. The predicted octanol–water partition coefficient (Wildman–Crippen LogP) is 0.281. The molecule has 1 heterocycles. The van der Waals surface area contributed by atoms with Gasteiger partial charge in [0.2, 0.25) is 0 Å². The lowest BCUT2D eigenvalue weighted by molar-refractivity contribution is -0.881. The molecular formula is C20H33N4O3+. The summed E-state index contributed by atoms with van der Waals surface area (Å²) in [4.78, 5) is 27.6. The highest BCUT2D eigenvalue weighted by molar-refractivity contribution is 5.91. The van der Waals surface area contributed by atoms with Gasteiger partial charge in [0.05, 0.1) is 19.8 Å². The van der Waals surface area contributed by atoms with Crippen LogP contribution in [0.25, 0.3) is 0 Å². The molecule has 1 aliphatic rings. The predicted molar refractivity (Wildman–Crippen MR) is 107 cm³/mol. The van der Waals surface area contributed by atoms with Crippen molar-refractivity contribution in [2.24, 2.45) is 0 Å². The van der Waals surface area contributed by atoms with E-state index in [2.05, 4.69) is 15.5 Å². The molecule has 0 saturated carbocycles. The summed E-state index contributed by atoms with van der Waals surface area (Å²) in [5.74, 6) is -0.128. The maximum absolute atomic E-state index is 12.3. The minimum absolute atomic E-state index is 0.0398. The molecule has 0 radical (unpaired) electrons. The number of rotatable bonds is 7. The van der Waals surface area contributed by atoms with Crippen molar-refractivity contribution in [3.63, 3.8) is 0 Å². The van der Waals surface area contributed by atoms with Crippen LogP contribution in [0.2, 0.25) is 0 Å². The third-order valence-electron chi connectivity index (χ3n) is 4.36. The standard InChI is InChI=1S/C20H32N4O3/c1-5-23(15-19(26)22-20(2,3)4)14-18(25)21-16-6-8-17(9-7-16)24-10-12-27-13-11-24/h6-9H,5,10-15H2,1-4H3,(H,21,25)(H,22,26)/p+1. The van der Waals surface area contributed by atoms with Crippen molar-refractivity contribution in [3.05, 3.63) is 24.3 Å². The Balaban J connectivity index is 1.83. The summed E-state index contributed by atoms with van der Waals surface area (Å²) in [7, 11) is 0. The molecule has 1 atom stereocenters. The van der Waals surface area contributed by atoms with Crippen molar-refractivity contribution in [1.82, 2.24) is 5.32 Å². The highest BCUT2D eigenvalue weighted by atomic mass is 16.5. The zero-order valence-corrected chi connectivity index (χ0v) is 16.9. The summed E-state index contributed by atoms with van der Waals surface area (Å²) in [6.07, 6.45) is 0. The number of likely N-dealkylation sites (N-methyl/N-ethyl adjacent to an activating group) is 1. The van der Waals surface area contributed by atoms with E-state index in [1.165, 1.54) is 0 Å². The lowest BCUT2D eigenvalue weighted by Crippen LogP contribution is -3.14. The number of nitrogens with zero attached hydrogens (tertiary/aromatic N) is 1. The van der Waals surface area contributed by atoms with E-state index in [9.17, 15) is 9.59 Å². The smallest absolute Gasteiger partial charge is 0.279 e. The van der Waals surface area contributed by atoms with Crippen LogP contribution in [0.1, 0.15) is 27.7 Å². The van der Waals surface area contributed by atoms with E-state index >= 15 is 0 Å². The van der Waals surface area contributed by atoms with Crippen LogP contribution in [-0.4, -0.2) is 63.3 Å². The molecule has 2 rings (SSSR count). The third kappa shape index (κ3) is 7.56. The molecule has 1 saturated heterocycles. The molecule has 1 aromatic carbocycles. The number of anilines is 2. The first kappa shape index (κ1) is 21.2. The van der Waals surface area contributed by atoms with Crippen molar-refractivity contribution < 1.29 is 19.2 Å². The van der Waals surface area contributed by atoms with E-state index in [-0.39, 0.29) is 30.4 Å². The molecule has 0 bridgehead atoms. The number of ether oxygens (including phenoxy) is 1. The van der Waals surface area contributed by atoms with Gasteiger partial charge in [0, 0.05) is 30.0 Å². The number of carbonyl (C=O) groups is 2. The SMILES string of the molecule is CC[NH+](CC(=O)Nc1ccc(N2CCOCC2)cc1)CC(=O)NC(C)(C)C. The molecule has 0 spiro atoms. The number of morpholine rings is 1. The minimum atomic E-state index is -0.263. The molecule has 3 N–H and O–H groups in total. The number of carbonyl (C=O) groups excluding carboxylic acids is 2. The zero-order valence-electron chi connectivity index (χ0n) is 16.9. The van der Waals surface area contributed by atoms with Crippen molar-refractivity contribution >= 4 is 23.2 Å². The second-order valence-corrected chi connectivity index (χ2v) is 7.95. The number of hydrogen-bond donors (Lipinski definition) is 3. The first-order chi connectivity index (χ1) is 12.8. The van der Waals surface area contributed by atoms with Crippen molar-refractivity contribution in [3.8, 4) is 0 Å². The van der Waals surface area contributed by atoms with E-state index in [0.717, 1.165) is 42.6 Å². The Labute approximate surface area is 162 Å². The first-order valence-corrected chi connectivity index (χ1v) is 9.64. The van der Waals surface area contributed by atoms with E-state index in [1.807, 2.05) is 52.0 Å². The Bertz CT molecular complexity index is 619. The van der Waals surface area contributed by atoms with E-state index in [4.69, 9.17) is 4.74 Å². The fraction of sp³-hybridized carbons (Fsp3) is 0.600. The summed E-state index contributed by atoms with van der Waals surface area (Å²) < 4.78 is 5.37. The molecule has 7 nitrogen and oxygen atoms in total. The van der Waals surface area contributed by atoms with E-state index < -0.39 is 0 Å². The number of nitrogens with one attached hydrogen (secondary N) is 3. The van der Waals surface area contributed by atoms with Crippen molar-refractivity contribution in [2.75, 3.05) is 56.2 Å². The molecule has 1 fully saturated rings. The molecular weight excluding hydrogens is 344 g/mol. The van der Waals surface area contributed by atoms with Gasteiger partial charge in [0.1, 0.15) is 0 Å². The lowest BCUT2D eigenvalue weighted by Gasteiger charge is -2.28. The van der Waals surface area contributed by atoms with Crippen LogP contribution >= 0.6 is 0 Å². The number of hydrogen-bond acceptors (Lipinski definition) is 4. The molecule has 0 aromatic heterocycles. The maximum atomic E-state index is 12.3. The van der Waals surface area contributed by atoms with Gasteiger partial charge >= 0.3 is 0 Å². The van der Waals surface area contributed by atoms with Gasteiger partial charge in [0.25, 0.3) is 11.8 Å². The topological polar surface area (TPSA) is 75.1 Å². The van der Waals surface area contributed by atoms with Gasteiger partial charge in [-0.2, -0.15) is 0 Å². The van der Waals surface area contributed by atoms with Gasteiger partial charge in [-0.15, -0.1) is 0 Å². The molecule has 0 aliphatic carbocycles. The molecule has 150 valence electrons. The highest BCUT2D eigenvalue weighted by Crippen LogP contribution is 2.18. The van der Waals surface area contributed by atoms with Crippen molar-refractivity contribution in [2.45, 2.75) is 33.2 Å². The lowest BCUT2D eigenvalue weighted by atomic mass is 10.1. The van der Waals surface area contributed by atoms with Gasteiger partial charge in [0.15, 0.2) is 13.1 Å². The summed E-state index contributed by atoms with van der Waals surface area (Å²) in [6.45, 7) is 12.3. The van der Waals surface area contributed by atoms with Crippen LogP contribution in [0.4, 0.5) is 11.4 Å². The van der Waals surface area contributed by atoms with Crippen molar-refractivity contribution in [1.29, 1.82) is 0 Å². The summed E-state index contributed by atoms with van der Waals surface area (Å²) in [5, 5.41) is 5.86. The fourth-order valence-corrected chi connectivity index (χ4v) is 3.01. The third-order valence-corrected chi connectivity index (χ3v) is 4.36. The Morgan fingerprint density at radius 2 is 1.67 bits per heavy atom. The van der Waals surface area contributed by atoms with E-state index in [0.29, 0.717) is 6.54 Å². The molecule has 1 aromatic rings. The van der Waals surface area contributed by atoms with Crippen LogP contribution in [0.15, 0.2) is 24.3 Å². The molecule has 2 amide bonds. The van der Waals surface area contributed by atoms with Gasteiger partial charge in [-0.1, -0.05) is 0 Å². The summed E-state index contributed by atoms with van der Waals surface area (Å²) in [5.41, 5.74) is 1.64. The summed E-state index contributed by atoms with van der Waals surface area (Å²) >= 11 is 0.